The molecule has 0 bridgehead atoms. The Labute approximate surface area is 183 Å². The second-order valence-corrected chi connectivity index (χ2v) is 9.40. The molecule has 0 radical (unpaired) electrons. The molecule has 0 atom stereocenters. The Morgan fingerprint density at radius 3 is 1.38 bits per heavy atom. The maximum atomic E-state index is 2.35. The summed E-state index contributed by atoms with van der Waals surface area (Å²) in [5.41, 5.74) is 1.53. The van der Waals surface area contributed by atoms with Gasteiger partial charge in [0, 0.05) is 5.56 Å². The largest absolute Gasteiger partial charge is 0.320 e. The molecule has 168 valence electrons. The van der Waals surface area contributed by atoms with Gasteiger partial charge in [0.2, 0.25) is 0 Å². The number of hydrogen-bond acceptors (Lipinski definition) is 0. The van der Waals surface area contributed by atoms with Gasteiger partial charge in [0.15, 0.2) is 0 Å². The van der Waals surface area contributed by atoms with Crippen LogP contribution in [0.5, 0.6) is 0 Å². The molecule has 0 aromatic heterocycles. The van der Waals surface area contributed by atoms with Crippen LogP contribution in [0.25, 0.3) is 0 Å². The SMILES string of the molecule is CCCCCCCCCCCCC[N+](CCCC)(CCCC)Cc1ccccc1. The minimum absolute atomic E-state index is 1.23. The van der Waals surface area contributed by atoms with Crippen LogP contribution >= 0.6 is 0 Å². The Balaban J connectivity index is 2.37. The van der Waals surface area contributed by atoms with Crippen molar-refractivity contribution in [2.75, 3.05) is 19.6 Å². The lowest BCUT2D eigenvalue weighted by Gasteiger charge is -2.39. The summed E-state index contributed by atoms with van der Waals surface area (Å²) in [6.45, 7) is 12.3. The van der Waals surface area contributed by atoms with E-state index in [9.17, 15) is 0 Å². The van der Waals surface area contributed by atoms with Crippen molar-refractivity contribution in [3.05, 3.63) is 35.9 Å². The third-order valence-electron chi connectivity index (χ3n) is 6.57. The van der Waals surface area contributed by atoms with Crippen molar-refractivity contribution in [2.24, 2.45) is 0 Å². The summed E-state index contributed by atoms with van der Waals surface area (Å²) >= 11 is 0. The van der Waals surface area contributed by atoms with Gasteiger partial charge in [0.25, 0.3) is 0 Å². The Bertz CT molecular complexity index is 445. The fourth-order valence-electron chi connectivity index (χ4n) is 4.64. The van der Waals surface area contributed by atoms with Gasteiger partial charge in [-0.15, -0.1) is 0 Å². The Kier molecular flexibility index (Phi) is 16.3. The molecule has 0 saturated heterocycles. The summed E-state index contributed by atoms with van der Waals surface area (Å²) in [7, 11) is 0. The number of quaternary nitrogens is 1. The van der Waals surface area contributed by atoms with Crippen LogP contribution in [0, 0.1) is 0 Å². The van der Waals surface area contributed by atoms with E-state index in [1.54, 1.807) is 0 Å². The van der Waals surface area contributed by atoms with Crippen molar-refractivity contribution in [1.82, 2.24) is 0 Å². The number of nitrogens with zero attached hydrogens (tertiary/aromatic N) is 1. The summed E-state index contributed by atoms with van der Waals surface area (Å²) < 4.78 is 1.32. The van der Waals surface area contributed by atoms with Gasteiger partial charge in [-0.05, 0) is 25.7 Å². The van der Waals surface area contributed by atoms with E-state index in [-0.39, 0.29) is 0 Å². The Morgan fingerprint density at radius 1 is 0.483 bits per heavy atom. The predicted octanol–water partition coefficient (Wildman–Crippen LogP) is 8.91. The summed E-state index contributed by atoms with van der Waals surface area (Å²) in [6.07, 6.45) is 21.2. The van der Waals surface area contributed by atoms with Gasteiger partial charge in [-0.3, -0.25) is 0 Å². The van der Waals surface area contributed by atoms with Crippen LogP contribution in [0.3, 0.4) is 0 Å². The molecule has 1 rings (SSSR count). The quantitative estimate of drug-likeness (QED) is 0.151. The van der Waals surface area contributed by atoms with E-state index in [1.807, 2.05) is 0 Å². The van der Waals surface area contributed by atoms with Crippen molar-refractivity contribution < 1.29 is 4.48 Å². The maximum Gasteiger partial charge on any atom is 0.104 e. The molecule has 0 fully saturated rings. The van der Waals surface area contributed by atoms with E-state index in [4.69, 9.17) is 0 Å². The smallest absolute Gasteiger partial charge is 0.104 e. The molecular weight excluding hydrogens is 350 g/mol. The van der Waals surface area contributed by atoms with Crippen molar-refractivity contribution in [2.45, 2.75) is 124 Å². The van der Waals surface area contributed by atoms with E-state index < -0.39 is 0 Å². The average molecular weight is 403 g/mol. The van der Waals surface area contributed by atoms with Crippen LogP contribution in [-0.4, -0.2) is 24.1 Å². The molecular formula is C28H52N+. The maximum absolute atomic E-state index is 2.35. The molecule has 0 aliphatic carbocycles. The molecule has 0 aliphatic rings. The lowest BCUT2D eigenvalue weighted by Crippen LogP contribution is -2.49. The highest BCUT2D eigenvalue weighted by Gasteiger charge is 2.26. The van der Waals surface area contributed by atoms with Crippen molar-refractivity contribution in [3.8, 4) is 0 Å². The molecule has 1 heteroatoms. The molecule has 0 N–H and O–H groups in total. The lowest BCUT2D eigenvalue weighted by atomic mass is 10.0. The highest BCUT2D eigenvalue weighted by atomic mass is 15.3. The zero-order valence-electron chi connectivity index (χ0n) is 20.3. The molecule has 0 spiro atoms. The van der Waals surface area contributed by atoms with Gasteiger partial charge in [-0.1, -0.05) is 122 Å². The van der Waals surface area contributed by atoms with Gasteiger partial charge in [-0.25, -0.2) is 0 Å². The molecule has 29 heavy (non-hydrogen) atoms. The minimum Gasteiger partial charge on any atom is -0.320 e. The normalized spacial score (nSPS) is 11.8. The highest BCUT2D eigenvalue weighted by Crippen LogP contribution is 2.21. The van der Waals surface area contributed by atoms with Crippen molar-refractivity contribution >= 4 is 0 Å². The zero-order chi connectivity index (χ0) is 21.0. The molecule has 0 saturated carbocycles. The van der Waals surface area contributed by atoms with Gasteiger partial charge in [0.05, 0.1) is 19.6 Å². The lowest BCUT2D eigenvalue weighted by molar-refractivity contribution is -0.941. The number of rotatable bonds is 20. The first kappa shape index (κ1) is 26.2. The number of unbranched alkanes of at least 4 members (excludes halogenated alkanes) is 12. The first-order chi connectivity index (χ1) is 14.3. The van der Waals surface area contributed by atoms with Gasteiger partial charge < -0.3 is 4.48 Å². The first-order valence-corrected chi connectivity index (χ1v) is 13.2. The van der Waals surface area contributed by atoms with E-state index in [0.717, 1.165) is 0 Å². The molecule has 1 nitrogen and oxygen atoms in total. The number of benzene rings is 1. The fourth-order valence-corrected chi connectivity index (χ4v) is 4.64. The second kappa shape index (κ2) is 18.0. The van der Waals surface area contributed by atoms with Crippen LogP contribution in [-0.2, 0) is 6.54 Å². The number of hydrogen-bond donors (Lipinski definition) is 0. The zero-order valence-corrected chi connectivity index (χ0v) is 20.3. The minimum atomic E-state index is 1.23. The summed E-state index contributed by atoms with van der Waals surface area (Å²) in [5, 5.41) is 0. The fraction of sp³-hybridized carbons (Fsp3) is 0.786. The van der Waals surface area contributed by atoms with Gasteiger partial charge in [0.1, 0.15) is 6.54 Å². The van der Waals surface area contributed by atoms with Gasteiger partial charge >= 0.3 is 0 Å². The van der Waals surface area contributed by atoms with Crippen LogP contribution in [0.15, 0.2) is 30.3 Å². The van der Waals surface area contributed by atoms with E-state index >= 15 is 0 Å². The molecule has 0 amide bonds. The van der Waals surface area contributed by atoms with Crippen LogP contribution in [0.2, 0.25) is 0 Å². The topological polar surface area (TPSA) is 0 Å². The van der Waals surface area contributed by atoms with E-state index in [0.29, 0.717) is 0 Å². The monoisotopic (exact) mass is 402 g/mol. The van der Waals surface area contributed by atoms with Crippen molar-refractivity contribution in [1.29, 1.82) is 0 Å². The third kappa shape index (κ3) is 13.2. The van der Waals surface area contributed by atoms with E-state index in [2.05, 4.69) is 51.1 Å². The Hall–Kier alpha value is -0.820. The molecule has 1 aromatic carbocycles. The highest BCUT2D eigenvalue weighted by molar-refractivity contribution is 5.13. The van der Waals surface area contributed by atoms with Crippen LogP contribution < -0.4 is 0 Å². The summed E-state index contributed by atoms with van der Waals surface area (Å²) in [6, 6.07) is 11.3. The Morgan fingerprint density at radius 2 is 0.897 bits per heavy atom. The third-order valence-corrected chi connectivity index (χ3v) is 6.57. The summed E-state index contributed by atoms with van der Waals surface area (Å²) in [4.78, 5) is 0. The standard InChI is InChI=1S/C28H52N/c1-4-7-10-11-12-13-14-15-16-17-21-26-29(24-8-5-2,25-9-6-3)27-28-22-19-18-20-23-28/h18-20,22-23H,4-17,21,24-27H2,1-3H3/q+1. The van der Waals surface area contributed by atoms with Gasteiger partial charge in [-0.2, -0.15) is 0 Å². The predicted molar refractivity (Wildman–Crippen MR) is 131 cm³/mol. The second-order valence-electron chi connectivity index (χ2n) is 9.40. The van der Waals surface area contributed by atoms with Crippen LogP contribution in [0.1, 0.15) is 123 Å². The van der Waals surface area contributed by atoms with Crippen LogP contribution in [0.4, 0.5) is 0 Å². The average Bonchev–Trinajstić information content (AvgIpc) is 2.75. The molecule has 0 aliphatic heterocycles. The molecule has 0 unspecified atom stereocenters. The van der Waals surface area contributed by atoms with Crippen molar-refractivity contribution in [3.63, 3.8) is 0 Å². The molecule has 0 heterocycles. The summed E-state index contributed by atoms with van der Waals surface area (Å²) in [5.74, 6) is 0. The molecule has 1 aromatic rings. The van der Waals surface area contributed by atoms with E-state index in [1.165, 1.54) is 133 Å². The first-order valence-electron chi connectivity index (χ1n) is 13.2.